The lowest BCUT2D eigenvalue weighted by atomic mass is 10.3. The lowest BCUT2D eigenvalue weighted by molar-refractivity contribution is -0.137. The number of carbonyl (C=O) groups is 2. The molecule has 0 aromatic rings. The molecule has 0 bridgehead atoms. The van der Waals surface area contributed by atoms with Crippen LogP contribution in [0.1, 0.15) is 13.8 Å². The molecule has 0 saturated heterocycles. The van der Waals surface area contributed by atoms with E-state index in [1.165, 1.54) is 11.1 Å². The zero-order chi connectivity index (χ0) is 12.6. The van der Waals surface area contributed by atoms with Gasteiger partial charge in [-0.05, 0) is 13.8 Å². The van der Waals surface area contributed by atoms with Crippen LogP contribution < -0.4 is 0 Å². The number of ether oxygens (including phenoxy) is 1. The van der Waals surface area contributed by atoms with Crippen LogP contribution in [0.4, 0.5) is 0 Å². The van der Waals surface area contributed by atoms with Gasteiger partial charge in [0.2, 0.25) is 0 Å². The number of amides is 1. The molecule has 16 heavy (non-hydrogen) atoms. The van der Waals surface area contributed by atoms with E-state index in [2.05, 4.69) is 11.3 Å². The van der Waals surface area contributed by atoms with Gasteiger partial charge in [-0.1, -0.05) is 6.58 Å². The maximum atomic E-state index is 11.5. The summed E-state index contributed by atoms with van der Waals surface area (Å²) in [5.41, 5.74) is 0.335. The second-order valence-corrected chi connectivity index (χ2v) is 3.07. The van der Waals surface area contributed by atoms with E-state index in [4.69, 9.17) is 5.11 Å². The van der Waals surface area contributed by atoms with Gasteiger partial charge >= 0.3 is 5.97 Å². The van der Waals surface area contributed by atoms with Crippen molar-refractivity contribution in [2.75, 3.05) is 19.8 Å². The Morgan fingerprint density at radius 1 is 1.50 bits per heavy atom. The molecular formula is C11H17NO4. The number of hydrogen-bond acceptors (Lipinski definition) is 4. The lowest BCUT2D eigenvalue weighted by Gasteiger charge is -2.16. The average Bonchev–Trinajstić information content (AvgIpc) is 2.23. The second kappa shape index (κ2) is 7.64. The fraction of sp³-hybridized carbons (Fsp3) is 0.455. The predicted molar refractivity (Wildman–Crippen MR) is 59.4 cm³/mol. The Morgan fingerprint density at radius 3 is 2.56 bits per heavy atom. The van der Waals surface area contributed by atoms with Gasteiger partial charge in [0.05, 0.1) is 13.2 Å². The summed E-state index contributed by atoms with van der Waals surface area (Å²) < 4.78 is 4.66. The van der Waals surface area contributed by atoms with E-state index in [-0.39, 0.29) is 25.7 Å². The van der Waals surface area contributed by atoms with Gasteiger partial charge in [-0.3, -0.25) is 4.79 Å². The van der Waals surface area contributed by atoms with E-state index < -0.39 is 5.97 Å². The number of aliphatic hydroxyl groups excluding tert-OH is 1. The van der Waals surface area contributed by atoms with Crippen LogP contribution >= 0.6 is 0 Å². The van der Waals surface area contributed by atoms with Crippen LogP contribution in [0.3, 0.4) is 0 Å². The molecule has 0 saturated carbocycles. The molecule has 0 unspecified atom stereocenters. The fourth-order valence-electron chi connectivity index (χ4n) is 0.938. The van der Waals surface area contributed by atoms with Crippen molar-refractivity contribution in [3.8, 4) is 0 Å². The molecule has 1 amide bonds. The zero-order valence-electron chi connectivity index (χ0n) is 9.60. The van der Waals surface area contributed by atoms with Gasteiger partial charge in [-0.2, -0.15) is 0 Å². The Hall–Kier alpha value is -1.62. The average molecular weight is 227 g/mol. The molecule has 5 nitrogen and oxygen atoms in total. The van der Waals surface area contributed by atoms with Crippen molar-refractivity contribution >= 4 is 11.9 Å². The molecule has 1 N–H and O–H groups in total. The minimum Gasteiger partial charge on any atom is -0.463 e. The minimum atomic E-state index is -0.528. The number of nitrogens with zero attached hydrogens (tertiary/aromatic N) is 1. The highest BCUT2D eigenvalue weighted by Gasteiger charge is 2.10. The largest absolute Gasteiger partial charge is 0.463 e. The van der Waals surface area contributed by atoms with Crippen molar-refractivity contribution in [2.24, 2.45) is 0 Å². The van der Waals surface area contributed by atoms with E-state index in [0.717, 1.165) is 6.08 Å². The van der Waals surface area contributed by atoms with Crippen LogP contribution in [0.15, 0.2) is 24.4 Å². The van der Waals surface area contributed by atoms with Gasteiger partial charge in [0.25, 0.3) is 5.91 Å². The SMILES string of the molecule is C=C(C)C(=O)N(C=CC(=O)OCC)CCO. The summed E-state index contributed by atoms with van der Waals surface area (Å²) in [6.45, 7) is 6.95. The van der Waals surface area contributed by atoms with E-state index in [1.807, 2.05) is 0 Å². The van der Waals surface area contributed by atoms with Crippen molar-refractivity contribution in [2.45, 2.75) is 13.8 Å². The Labute approximate surface area is 95.0 Å². The molecule has 0 atom stereocenters. The third-order valence-electron chi connectivity index (χ3n) is 1.64. The molecule has 0 aliphatic heterocycles. The number of hydrogen-bond donors (Lipinski definition) is 1. The van der Waals surface area contributed by atoms with Crippen molar-refractivity contribution in [1.82, 2.24) is 4.90 Å². The van der Waals surface area contributed by atoms with Crippen molar-refractivity contribution in [3.63, 3.8) is 0 Å². The first kappa shape index (κ1) is 14.4. The summed E-state index contributed by atoms with van der Waals surface area (Å²) in [4.78, 5) is 23.7. The normalized spacial score (nSPS) is 10.2. The van der Waals surface area contributed by atoms with E-state index >= 15 is 0 Å². The third kappa shape index (κ3) is 5.31. The van der Waals surface area contributed by atoms with Crippen LogP contribution in [0.2, 0.25) is 0 Å². The number of rotatable bonds is 6. The first-order valence-corrected chi connectivity index (χ1v) is 4.95. The van der Waals surface area contributed by atoms with Gasteiger partial charge in [-0.15, -0.1) is 0 Å². The topological polar surface area (TPSA) is 66.8 Å². The standard InChI is InChI=1S/C11H17NO4/c1-4-16-10(14)5-6-12(7-8-13)11(15)9(2)3/h5-6,13H,2,4,7-8H2,1,3H3. The molecule has 0 aromatic heterocycles. The molecule has 0 aromatic carbocycles. The third-order valence-corrected chi connectivity index (χ3v) is 1.64. The van der Waals surface area contributed by atoms with Gasteiger partial charge in [0.15, 0.2) is 0 Å². The zero-order valence-corrected chi connectivity index (χ0v) is 9.60. The Morgan fingerprint density at radius 2 is 2.12 bits per heavy atom. The summed E-state index contributed by atoms with van der Waals surface area (Å²) in [6, 6.07) is 0. The first-order chi connectivity index (χ1) is 7.52. The van der Waals surface area contributed by atoms with Gasteiger partial charge in [0.1, 0.15) is 0 Å². The summed E-state index contributed by atoms with van der Waals surface area (Å²) in [7, 11) is 0. The fourth-order valence-corrected chi connectivity index (χ4v) is 0.938. The van der Waals surface area contributed by atoms with Gasteiger partial charge in [-0.25, -0.2) is 4.79 Å². The van der Waals surface area contributed by atoms with Gasteiger partial charge in [0, 0.05) is 24.4 Å². The van der Waals surface area contributed by atoms with E-state index in [9.17, 15) is 9.59 Å². The summed E-state index contributed by atoms with van der Waals surface area (Å²) in [5, 5.41) is 8.76. The maximum Gasteiger partial charge on any atom is 0.332 e. The lowest BCUT2D eigenvalue weighted by Crippen LogP contribution is -2.29. The highest BCUT2D eigenvalue weighted by molar-refractivity contribution is 5.93. The summed E-state index contributed by atoms with van der Waals surface area (Å²) in [5.74, 6) is -0.866. The van der Waals surface area contributed by atoms with Crippen molar-refractivity contribution in [1.29, 1.82) is 0 Å². The highest BCUT2D eigenvalue weighted by Crippen LogP contribution is 1.99. The molecule has 0 spiro atoms. The van der Waals surface area contributed by atoms with E-state index in [0.29, 0.717) is 5.57 Å². The Bertz CT molecular complexity index is 296. The molecule has 0 rings (SSSR count). The van der Waals surface area contributed by atoms with Crippen LogP contribution in [0.5, 0.6) is 0 Å². The summed E-state index contributed by atoms with van der Waals surface area (Å²) >= 11 is 0. The first-order valence-electron chi connectivity index (χ1n) is 4.95. The second-order valence-electron chi connectivity index (χ2n) is 3.07. The number of carbonyl (C=O) groups excluding carboxylic acids is 2. The molecule has 0 fully saturated rings. The monoisotopic (exact) mass is 227 g/mol. The molecule has 5 heteroatoms. The number of esters is 1. The van der Waals surface area contributed by atoms with Crippen LogP contribution in [-0.2, 0) is 14.3 Å². The molecule has 0 aliphatic rings. The van der Waals surface area contributed by atoms with Crippen molar-refractivity contribution in [3.05, 3.63) is 24.4 Å². The van der Waals surface area contributed by atoms with Gasteiger partial charge < -0.3 is 14.7 Å². The quantitative estimate of drug-likeness (QED) is 0.529. The van der Waals surface area contributed by atoms with E-state index in [1.54, 1.807) is 13.8 Å². The van der Waals surface area contributed by atoms with Crippen LogP contribution in [0, 0.1) is 0 Å². The molecule has 90 valence electrons. The summed E-state index contributed by atoms with van der Waals surface area (Å²) in [6.07, 6.45) is 2.42. The van der Waals surface area contributed by atoms with Crippen LogP contribution in [-0.4, -0.2) is 41.6 Å². The predicted octanol–water partition coefficient (Wildman–Crippen LogP) is 0.460. The Kier molecular flexibility index (Phi) is 6.87. The smallest absolute Gasteiger partial charge is 0.332 e. The number of aliphatic hydroxyl groups is 1. The Balaban J connectivity index is 4.49. The minimum absolute atomic E-state index is 0.113. The van der Waals surface area contributed by atoms with Crippen LogP contribution in [0.25, 0.3) is 0 Å². The molecular weight excluding hydrogens is 210 g/mol. The van der Waals surface area contributed by atoms with Crippen molar-refractivity contribution < 1.29 is 19.4 Å². The highest BCUT2D eigenvalue weighted by atomic mass is 16.5. The molecule has 0 aliphatic carbocycles. The maximum absolute atomic E-state index is 11.5. The molecule has 0 heterocycles. The molecule has 0 radical (unpaired) electrons.